The lowest BCUT2D eigenvalue weighted by molar-refractivity contribution is 1.15. The third-order valence-corrected chi connectivity index (χ3v) is 2.53. The second-order valence-corrected chi connectivity index (χ2v) is 4.14. The van der Waals surface area contributed by atoms with Crippen molar-refractivity contribution in [2.45, 2.75) is 18.9 Å². The fourth-order valence-corrected chi connectivity index (χ4v) is 1.54. The van der Waals surface area contributed by atoms with Gasteiger partial charge in [0.2, 0.25) is 0 Å². The molecule has 0 heterocycles. The summed E-state index contributed by atoms with van der Waals surface area (Å²) in [7, 11) is 0. The molecule has 0 radical (unpaired) electrons. The van der Waals surface area contributed by atoms with Crippen LogP contribution in [0.4, 0.5) is 5.69 Å². The molecule has 0 amide bonds. The summed E-state index contributed by atoms with van der Waals surface area (Å²) in [4.78, 5) is 0. The summed E-state index contributed by atoms with van der Waals surface area (Å²) < 4.78 is 0.949. The van der Waals surface area contributed by atoms with E-state index in [1.165, 1.54) is 12.8 Å². The Morgan fingerprint density at radius 3 is 2.85 bits per heavy atom. The standard InChI is InChI=1S/C10H9BrN2/c11-8-1-4-10(7(5-8)6-12)13-9-2-3-9/h1,4-5,9,13H,2-3H2. The van der Waals surface area contributed by atoms with E-state index in [0.29, 0.717) is 11.6 Å². The predicted molar refractivity (Wildman–Crippen MR) is 55.5 cm³/mol. The lowest BCUT2D eigenvalue weighted by Gasteiger charge is -2.06. The molecule has 1 aromatic carbocycles. The van der Waals surface area contributed by atoms with Crippen molar-refractivity contribution < 1.29 is 0 Å². The van der Waals surface area contributed by atoms with E-state index in [-0.39, 0.29) is 0 Å². The number of hydrogen-bond donors (Lipinski definition) is 1. The summed E-state index contributed by atoms with van der Waals surface area (Å²) in [5, 5.41) is 12.2. The molecule has 0 spiro atoms. The maximum absolute atomic E-state index is 8.87. The fourth-order valence-electron chi connectivity index (χ4n) is 1.18. The zero-order valence-electron chi connectivity index (χ0n) is 7.05. The lowest BCUT2D eigenvalue weighted by atomic mass is 10.2. The van der Waals surface area contributed by atoms with E-state index in [1.807, 2.05) is 18.2 Å². The van der Waals surface area contributed by atoms with Crippen molar-refractivity contribution in [2.75, 3.05) is 5.32 Å². The molecule has 1 aromatic rings. The summed E-state index contributed by atoms with van der Waals surface area (Å²) in [5.74, 6) is 0. The predicted octanol–water partition coefficient (Wildman–Crippen LogP) is 2.90. The Bertz CT molecular complexity index is 364. The second kappa shape index (κ2) is 3.39. The Balaban J connectivity index is 2.27. The van der Waals surface area contributed by atoms with Gasteiger partial charge in [0, 0.05) is 10.5 Å². The number of hydrogen-bond acceptors (Lipinski definition) is 2. The van der Waals surface area contributed by atoms with Crippen LogP contribution in [-0.4, -0.2) is 6.04 Å². The van der Waals surface area contributed by atoms with Gasteiger partial charge < -0.3 is 5.32 Å². The molecule has 1 N–H and O–H groups in total. The SMILES string of the molecule is N#Cc1cc(Br)ccc1NC1CC1. The number of nitrogens with zero attached hydrogens (tertiary/aromatic N) is 1. The van der Waals surface area contributed by atoms with Gasteiger partial charge in [0.15, 0.2) is 0 Å². The molecule has 0 saturated heterocycles. The molecule has 66 valence electrons. The molecule has 0 aliphatic heterocycles. The third-order valence-electron chi connectivity index (χ3n) is 2.04. The molecule has 0 atom stereocenters. The highest BCUT2D eigenvalue weighted by Gasteiger charge is 2.21. The topological polar surface area (TPSA) is 35.8 Å². The minimum atomic E-state index is 0.591. The van der Waals surface area contributed by atoms with Crippen LogP contribution < -0.4 is 5.32 Å². The van der Waals surface area contributed by atoms with Crippen molar-refractivity contribution in [3.05, 3.63) is 28.2 Å². The van der Waals surface area contributed by atoms with Crippen molar-refractivity contribution in [1.29, 1.82) is 5.26 Å². The Labute approximate surface area is 85.7 Å². The third kappa shape index (κ3) is 2.02. The zero-order valence-corrected chi connectivity index (χ0v) is 8.63. The molecule has 0 unspecified atom stereocenters. The molecule has 0 bridgehead atoms. The number of halogens is 1. The molecule has 0 aromatic heterocycles. The molecule has 1 fully saturated rings. The largest absolute Gasteiger partial charge is 0.381 e. The minimum absolute atomic E-state index is 0.591. The highest BCUT2D eigenvalue weighted by molar-refractivity contribution is 9.10. The molecule has 1 aliphatic carbocycles. The maximum atomic E-state index is 8.87. The number of nitriles is 1. The number of benzene rings is 1. The van der Waals surface area contributed by atoms with E-state index >= 15 is 0 Å². The van der Waals surface area contributed by atoms with Gasteiger partial charge in [0.1, 0.15) is 6.07 Å². The van der Waals surface area contributed by atoms with Gasteiger partial charge in [-0.05, 0) is 31.0 Å². The monoisotopic (exact) mass is 236 g/mol. The van der Waals surface area contributed by atoms with Crippen LogP contribution in [0.3, 0.4) is 0 Å². The normalized spacial score (nSPS) is 15.1. The van der Waals surface area contributed by atoms with Crippen LogP contribution in [0, 0.1) is 11.3 Å². The van der Waals surface area contributed by atoms with Gasteiger partial charge in [-0.15, -0.1) is 0 Å². The Morgan fingerprint density at radius 2 is 2.23 bits per heavy atom. The average molecular weight is 237 g/mol. The lowest BCUT2D eigenvalue weighted by Crippen LogP contribution is -2.02. The smallest absolute Gasteiger partial charge is 0.101 e. The van der Waals surface area contributed by atoms with Crippen LogP contribution >= 0.6 is 15.9 Å². The highest BCUT2D eigenvalue weighted by atomic mass is 79.9. The average Bonchev–Trinajstić information content (AvgIpc) is 2.92. The molecule has 2 nitrogen and oxygen atoms in total. The summed E-state index contributed by atoms with van der Waals surface area (Å²) in [6.45, 7) is 0. The van der Waals surface area contributed by atoms with Gasteiger partial charge in [0.05, 0.1) is 11.3 Å². The number of rotatable bonds is 2. The first-order valence-corrected chi connectivity index (χ1v) is 5.05. The van der Waals surface area contributed by atoms with E-state index in [1.54, 1.807) is 0 Å². The van der Waals surface area contributed by atoms with Crippen LogP contribution in [0.15, 0.2) is 22.7 Å². The Morgan fingerprint density at radius 1 is 1.46 bits per heavy atom. The Hall–Kier alpha value is -1.01. The van der Waals surface area contributed by atoms with Crippen molar-refractivity contribution in [1.82, 2.24) is 0 Å². The van der Waals surface area contributed by atoms with Gasteiger partial charge in [0.25, 0.3) is 0 Å². The van der Waals surface area contributed by atoms with Crippen molar-refractivity contribution >= 4 is 21.6 Å². The molecule has 1 aliphatic rings. The summed E-state index contributed by atoms with van der Waals surface area (Å²) in [6, 6.07) is 8.50. The van der Waals surface area contributed by atoms with Gasteiger partial charge in [-0.25, -0.2) is 0 Å². The van der Waals surface area contributed by atoms with E-state index in [4.69, 9.17) is 5.26 Å². The van der Waals surface area contributed by atoms with Crippen molar-refractivity contribution in [3.8, 4) is 6.07 Å². The first-order chi connectivity index (χ1) is 6.29. The number of nitrogens with one attached hydrogen (secondary N) is 1. The first kappa shape index (κ1) is 8.58. The van der Waals surface area contributed by atoms with Crippen LogP contribution in [0.1, 0.15) is 18.4 Å². The van der Waals surface area contributed by atoms with Crippen molar-refractivity contribution in [2.24, 2.45) is 0 Å². The maximum Gasteiger partial charge on any atom is 0.101 e. The summed E-state index contributed by atoms with van der Waals surface area (Å²) in [5.41, 5.74) is 1.66. The molecular formula is C10H9BrN2. The van der Waals surface area contributed by atoms with E-state index in [9.17, 15) is 0 Å². The van der Waals surface area contributed by atoms with Gasteiger partial charge in [-0.2, -0.15) is 5.26 Å². The van der Waals surface area contributed by atoms with E-state index in [2.05, 4.69) is 27.3 Å². The van der Waals surface area contributed by atoms with Crippen LogP contribution in [0.2, 0.25) is 0 Å². The van der Waals surface area contributed by atoms with Gasteiger partial charge >= 0.3 is 0 Å². The molecule has 1 saturated carbocycles. The quantitative estimate of drug-likeness (QED) is 0.858. The second-order valence-electron chi connectivity index (χ2n) is 3.22. The highest BCUT2D eigenvalue weighted by Crippen LogP contribution is 2.27. The first-order valence-electron chi connectivity index (χ1n) is 4.26. The minimum Gasteiger partial charge on any atom is -0.381 e. The van der Waals surface area contributed by atoms with Gasteiger partial charge in [-0.3, -0.25) is 0 Å². The van der Waals surface area contributed by atoms with Crippen LogP contribution in [0.25, 0.3) is 0 Å². The zero-order chi connectivity index (χ0) is 9.26. The molecule has 13 heavy (non-hydrogen) atoms. The molecule has 2 rings (SSSR count). The van der Waals surface area contributed by atoms with Crippen LogP contribution in [0.5, 0.6) is 0 Å². The molecule has 3 heteroatoms. The summed E-state index contributed by atoms with van der Waals surface area (Å²) in [6.07, 6.45) is 2.45. The number of anilines is 1. The summed E-state index contributed by atoms with van der Waals surface area (Å²) >= 11 is 3.34. The Kier molecular flexibility index (Phi) is 2.24. The van der Waals surface area contributed by atoms with Crippen LogP contribution in [-0.2, 0) is 0 Å². The molecular weight excluding hydrogens is 228 g/mol. The van der Waals surface area contributed by atoms with Gasteiger partial charge in [-0.1, -0.05) is 15.9 Å². The fraction of sp³-hybridized carbons (Fsp3) is 0.300. The van der Waals surface area contributed by atoms with Crippen molar-refractivity contribution in [3.63, 3.8) is 0 Å². The van der Waals surface area contributed by atoms with E-state index < -0.39 is 0 Å². The van der Waals surface area contributed by atoms with E-state index in [0.717, 1.165) is 10.2 Å².